The van der Waals surface area contributed by atoms with Gasteiger partial charge in [-0.15, -0.1) is 0 Å². The second-order valence-electron chi connectivity index (χ2n) is 3.40. The van der Waals surface area contributed by atoms with Crippen molar-refractivity contribution in [3.63, 3.8) is 0 Å². The predicted molar refractivity (Wildman–Crippen MR) is 56.7 cm³/mol. The quantitative estimate of drug-likeness (QED) is 0.863. The van der Waals surface area contributed by atoms with Gasteiger partial charge in [-0.1, -0.05) is 17.7 Å². The Morgan fingerprint density at radius 1 is 1.53 bits per heavy atom. The molecular formula is C11H12ClFO2. The van der Waals surface area contributed by atoms with Crippen LogP contribution in [-0.4, -0.2) is 11.1 Å². The van der Waals surface area contributed by atoms with Crippen molar-refractivity contribution < 1.29 is 14.3 Å². The van der Waals surface area contributed by atoms with E-state index < -0.39 is 5.97 Å². The SMILES string of the molecule is Cc1ccc(F)c(CCCC(=O)O)c1Cl. The Labute approximate surface area is 92.7 Å². The summed E-state index contributed by atoms with van der Waals surface area (Å²) in [4.78, 5) is 10.3. The molecule has 4 heteroatoms. The highest BCUT2D eigenvalue weighted by molar-refractivity contribution is 6.32. The Bertz CT molecular complexity index is 377. The topological polar surface area (TPSA) is 37.3 Å². The first-order valence-corrected chi connectivity index (χ1v) is 5.05. The third-order valence-electron chi connectivity index (χ3n) is 2.20. The highest BCUT2D eigenvalue weighted by atomic mass is 35.5. The summed E-state index contributed by atoms with van der Waals surface area (Å²) < 4.78 is 13.3. The number of hydrogen-bond acceptors (Lipinski definition) is 1. The van der Waals surface area contributed by atoms with Gasteiger partial charge in [0.2, 0.25) is 0 Å². The third kappa shape index (κ3) is 3.20. The summed E-state index contributed by atoms with van der Waals surface area (Å²) in [6.45, 7) is 1.79. The van der Waals surface area contributed by atoms with E-state index in [4.69, 9.17) is 16.7 Å². The highest BCUT2D eigenvalue weighted by Crippen LogP contribution is 2.24. The number of carbonyl (C=O) groups is 1. The van der Waals surface area contributed by atoms with Gasteiger partial charge in [0.05, 0.1) is 0 Å². The van der Waals surface area contributed by atoms with Crippen molar-refractivity contribution in [3.05, 3.63) is 34.1 Å². The first-order valence-electron chi connectivity index (χ1n) is 4.67. The van der Waals surface area contributed by atoms with Crippen molar-refractivity contribution in [2.45, 2.75) is 26.2 Å². The molecule has 0 amide bonds. The van der Waals surface area contributed by atoms with E-state index in [1.54, 1.807) is 13.0 Å². The number of hydrogen-bond donors (Lipinski definition) is 1. The lowest BCUT2D eigenvalue weighted by atomic mass is 10.0. The van der Waals surface area contributed by atoms with E-state index in [-0.39, 0.29) is 12.2 Å². The summed E-state index contributed by atoms with van der Waals surface area (Å²) in [6.07, 6.45) is 0.789. The number of halogens is 2. The summed E-state index contributed by atoms with van der Waals surface area (Å²) >= 11 is 5.93. The molecule has 1 N–H and O–H groups in total. The van der Waals surface area contributed by atoms with Crippen LogP contribution in [0.5, 0.6) is 0 Å². The van der Waals surface area contributed by atoms with Crippen LogP contribution in [0.25, 0.3) is 0 Å². The molecule has 0 aromatic heterocycles. The average Bonchev–Trinajstić information content (AvgIpc) is 2.17. The molecule has 0 aliphatic carbocycles. The van der Waals surface area contributed by atoms with Gasteiger partial charge in [0.25, 0.3) is 0 Å². The molecule has 15 heavy (non-hydrogen) atoms. The minimum atomic E-state index is -0.876. The molecule has 1 aromatic carbocycles. The van der Waals surface area contributed by atoms with Gasteiger partial charge in [0.15, 0.2) is 0 Å². The fourth-order valence-electron chi connectivity index (χ4n) is 1.36. The van der Waals surface area contributed by atoms with E-state index >= 15 is 0 Å². The smallest absolute Gasteiger partial charge is 0.303 e. The number of benzene rings is 1. The fraction of sp³-hybridized carbons (Fsp3) is 0.364. The van der Waals surface area contributed by atoms with Crippen LogP contribution < -0.4 is 0 Å². The Morgan fingerprint density at radius 3 is 2.80 bits per heavy atom. The van der Waals surface area contributed by atoms with Crippen LogP contribution in [0, 0.1) is 12.7 Å². The molecule has 1 rings (SSSR count). The van der Waals surface area contributed by atoms with E-state index in [2.05, 4.69) is 0 Å². The molecule has 0 aliphatic heterocycles. The number of aryl methyl sites for hydroxylation is 1. The molecule has 0 fully saturated rings. The van der Waals surface area contributed by atoms with E-state index in [1.807, 2.05) is 0 Å². The molecule has 0 atom stereocenters. The minimum Gasteiger partial charge on any atom is -0.481 e. The summed E-state index contributed by atoms with van der Waals surface area (Å²) in [5.41, 5.74) is 1.22. The van der Waals surface area contributed by atoms with Crippen LogP contribution in [0.3, 0.4) is 0 Å². The number of carboxylic acid groups (broad SMARTS) is 1. The van der Waals surface area contributed by atoms with Crippen LogP contribution in [0.2, 0.25) is 5.02 Å². The second-order valence-corrected chi connectivity index (χ2v) is 3.78. The molecule has 0 saturated carbocycles. The van der Waals surface area contributed by atoms with Gasteiger partial charge in [0.1, 0.15) is 5.82 Å². The van der Waals surface area contributed by atoms with E-state index in [0.717, 1.165) is 5.56 Å². The molecular weight excluding hydrogens is 219 g/mol. The van der Waals surface area contributed by atoms with Crippen molar-refractivity contribution >= 4 is 17.6 Å². The molecule has 82 valence electrons. The minimum absolute atomic E-state index is 0.0315. The van der Waals surface area contributed by atoms with Crippen LogP contribution >= 0.6 is 11.6 Å². The normalized spacial score (nSPS) is 10.3. The molecule has 0 saturated heterocycles. The van der Waals surface area contributed by atoms with Crippen molar-refractivity contribution in [2.75, 3.05) is 0 Å². The lowest BCUT2D eigenvalue weighted by molar-refractivity contribution is -0.137. The molecule has 0 aliphatic rings. The number of rotatable bonds is 4. The summed E-state index contributed by atoms with van der Waals surface area (Å²) in [5, 5.41) is 8.86. The molecule has 2 nitrogen and oxygen atoms in total. The maximum absolute atomic E-state index is 13.3. The molecule has 0 spiro atoms. The van der Waals surface area contributed by atoms with Gasteiger partial charge in [-0.05, 0) is 31.4 Å². The highest BCUT2D eigenvalue weighted by Gasteiger charge is 2.09. The van der Waals surface area contributed by atoms with Gasteiger partial charge in [0, 0.05) is 17.0 Å². The number of carboxylic acids is 1. The molecule has 0 bridgehead atoms. The third-order valence-corrected chi connectivity index (χ3v) is 2.72. The molecule has 1 aromatic rings. The zero-order chi connectivity index (χ0) is 11.4. The lowest BCUT2D eigenvalue weighted by Gasteiger charge is -2.07. The van der Waals surface area contributed by atoms with Crippen molar-refractivity contribution in [1.82, 2.24) is 0 Å². The largest absolute Gasteiger partial charge is 0.481 e. The predicted octanol–water partition coefficient (Wildman–Crippen LogP) is 3.19. The van der Waals surface area contributed by atoms with Gasteiger partial charge in [-0.25, -0.2) is 4.39 Å². The Morgan fingerprint density at radius 2 is 2.20 bits per heavy atom. The van der Waals surface area contributed by atoms with Gasteiger partial charge in [-0.3, -0.25) is 4.79 Å². The van der Waals surface area contributed by atoms with Crippen LogP contribution in [0.1, 0.15) is 24.0 Å². The standard InChI is InChI=1S/C11H12ClFO2/c1-7-5-6-9(13)8(11(7)12)3-2-4-10(14)15/h5-6H,2-4H2,1H3,(H,14,15). The van der Waals surface area contributed by atoms with Gasteiger partial charge < -0.3 is 5.11 Å². The summed E-state index contributed by atoms with van der Waals surface area (Å²) in [7, 11) is 0. The Kier molecular flexibility index (Phi) is 4.09. The lowest BCUT2D eigenvalue weighted by Crippen LogP contribution is -1.99. The van der Waals surface area contributed by atoms with E-state index in [0.29, 0.717) is 23.4 Å². The molecule has 0 radical (unpaired) electrons. The van der Waals surface area contributed by atoms with Crippen LogP contribution in [0.15, 0.2) is 12.1 Å². The Hall–Kier alpha value is -1.09. The zero-order valence-electron chi connectivity index (χ0n) is 8.39. The van der Waals surface area contributed by atoms with Crippen LogP contribution in [-0.2, 0) is 11.2 Å². The second kappa shape index (κ2) is 5.12. The summed E-state index contributed by atoms with van der Waals surface area (Å²) in [5.74, 6) is -1.24. The average molecular weight is 231 g/mol. The van der Waals surface area contributed by atoms with Gasteiger partial charge >= 0.3 is 5.97 Å². The van der Waals surface area contributed by atoms with Crippen molar-refractivity contribution in [3.8, 4) is 0 Å². The fourth-order valence-corrected chi connectivity index (χ4v) is 1.61. The van der Waals surface area contributed by atoms with E-state index in [9.17, 15) is 9.18 Å². The van der Waals surface area contributed by atoms with Gasteiger partial charge in [-0.2, -0.15) is 0 Å². The Balaban J connectivity index is 2.75. The first-order chi connectivity index (χ1) is 7.02. The van der Waals surface area contributed by atoms with E-state index in [1.165, 1.54) is 6.07 Å². The first kappa shape index (κ1) is 12.0. The maximum Gasteiger partial charge on any atom is 0.303 e. The maximum atomic E-state index is 13.3. The van der Waals surface area contributed by atoms with Crippen molar-refractivity contribution in [2.24, 2.45) is 0 Å². The molecule has 0 heterocycles. The van der Waals surface area contributed by atoms with Crippen molar-refractivity contribution in [1.29, 1.82) is 0 Å². The monoisotopic (exact) mass is 230 g/mol. The summed E-state index contributed by atoms with van der Waals surface area (Å²) in [6, 6.07) is 2.97. The van der Waals surface area contributed by atoms with Crippen LogP contribution in [0.4, 0.5) is 4.39 Å². The molecule has 0 unspecified atom stereocenters. The number of aliphatic carboxylic acids is 1. The zero-order valence-corrected chi connectivity index (χ0v) is 9.14.